The van der Waals surface area contributed by atoms with Gasteiger partial charge in [-0.15, -0.1) is 0 Å². The van der Waals surface area contributed by atoms with Gasteiger partial charge in [0.25, 0.3) is 0 Å². The molecule has 0 amide bonds. The molecule has 1 aromatic heterocycles. The zero-order valence-corrected chi connectivity index (χ0v) is 9.15. The zero-order valence-electron chi connectivity index (χ0n) is 9.15. The molecule has 2 rings (SSSR count). The number of anilines is 1. The number of hydrogen-bond donors (Lipinski definition) is 0. The van der Waals surface area contributed by atoms with Crippen molar-refractivity contribution in [3.63, 3.8) is 0 Å². The van der Waals surface area contributed by atoms with Crippen LogP contribution in [0.1, 0.15) is 26.7 Å². The molecule has 1 aliphatic rings. The highest BCUT2D eigenvalue weighted by atomic mass is 19.1. The molecule has 0 radical (unpaired) electrons. The zero-order chi connectivity index (χ0) is 10.8. The minimum Gasteiger partial charge on any atom is -0.353 e. The number of hydrogen-bond acceptors (Lipinski definition) is 3. The molecule has 1 unspecified atom stereocenters. The molecule has 82 valence electrons. The van der Waals surface area contributed by atoms with Gasteiger partial charge in [0, 0.05) is 18.7 Å². The summed E-state index contributed by atoms with van der Waals surface area (Å²) in [7, 11) is 0. The third kappa shape index (κ3) is 2.08. The smallest absolute Gasteiger partial charge is 0.218 e. The summed E-state index contributed by atoms with van der Waals surface area (Å²) in [6.07, 6.45) is 3.62. The number of nitrogens with zero attached hydrogens (tertiary/aromatic N) is 3. The van der Waals surface area contributed by atoms with Crippen LogP contribution in [-0.2, 0) is 0 Å². The summed E-state index contributed by atoms with van der Waals surface area (Å²) in [4.78, 5) is 9.80. The lowest BCUT2D eigenvalue weighted by atomic mass is 10.0. The van der Waals surface area contributed by atoms with Gasteiger partial charge in [-0.3, -0.25) is 0 Å². The maximum Gasteiger partial charge on any atom is 0.218 e. The molecule has 0 N–H and O–H groups in total. The van der Waals surface area contributed by atoms with Gasteiger partial charge >= 0.3 is 0 Å². The largest absolute Gasteiger partial charge is 0.353 e. The van der Waals surface area contributed by atoms with Crippen molar-refractivity contribution >= 4 is 5.82 Å². The molecule has 0 saturated carbocycles. The average Bonchev–Trinajstić information content (AvgIpc) is 2.65. The molecular weight excluding hydrogens is 193 g/mol. The Morgan fingerprint density at radius 3 is 2.93 bits per heavy atom. The highest BCUT2D eigenvalue weighted by Crippen LogP contribution is 2.27. The van der Waals surface area contributed by atoms with E-state index in [2.05, 4.69) is 28.7 Å². The van der Waals surface area contributed by atoms with Crippen LogP contribution in [-0.4, -0.2) is 22.6 Å². The standard InChI is InChI=1S/C11H16FN3/c1-8(2)9-4-3-5-15(9)11-6-10(12)13-7-14-11/h6-9H,3-5H2,1-2H3. The average molecular weight is 209 g/mol. The molecule has 3 nitrogen and oxygen atoms in total. The fourth-order valence-corrected chi connectivity index (χ4v) is 2.25. The van der Waals surface area contributed by atoms with Crippen LogP contribution < -0.4 is 4.90 Å². The van der Waals surface area contributed by atoms with Crippen LogP contribution in [0.4, 0.5) is 10.2 Å². The second-order valence-electron chi connectivity index (χ2n) is 4.35. The normalized spacial score (nSPS) is 21.3. The minimum absolute atomic E-state index is 0.450. The van der Waals surface area contributed by atoms with Crippen molar-refractivity contribution in [2.45, 2.75) is 32.7 Å². The Morgan fingerprint density at radius 1 is 1.47 bits per heavy atom. The fraction of sp³-hybridized carbons (Fsp3) is 0.636. The Hall–Kier alpha value is -1.19. The molecule has 4 heteroatoms. The third-order valence-electron chi connectivity index (χ3n) is 2.98. The van der Waals surface area contributed by atoms with E-state index in [1.165, 1.54) is 18.8 Å². The molecule has 1 aromatic rings. The molecule has 0 aliphatic carbocycles. The predicted octanol–water partition coefficient (Wildman–Crippen LogP) is 2.24. The SMILES string of the molecule is CC(C)C1CCCN1c1cc(F)ncn1. The van der Waals surface area contributed by atoms with Crippen LogP contribution >= 0.6 is 0 Å². The number of halogens is 1. The minimum atomic E-state index is -0.450. The van der Waals surface area contributed by atoms with E-state index in [1.807, 2.05) is 0 Å². The van der Waals surface area contributed by atoms with Gasteiger partial charge in [0.1, 0.15) is 12.1 Å². The first-order valence-corrected chi connectivity index (χ1v) is 5.42. The van der Waals surface area contributed by atoms with E-state index >= 15 is 0 Å². The van der Waals surface area contributed by atoms with Gasteiger partial charge in [0.05, 0.1) is 0 Å². The van der Waals surface area contributed by atoms with E-state index in [0.717, 1.165) is 18.8 Å². The summed E-state index contributed by atoms with van der Waals surface area (Å²) < 4.78 is 13.0. The molecule has 15 heavy (non-hydrogen) atoms. The van der Waals surface area contributed by atoms with Crippen molar-refractivity contribution in [1.29, 1.82) is 0 Å². The van der Waals surface area contributed by atoms with Crippen LogP contribution in [0.5, 0.6) is 0 Å². The molecule has 0 bridgehead atoms. The fourth-order valence-electron chi connectivity index (χ4n) is 2.25. The molecule has 2 heterocycles. The molecule has 1 aliphatic heterocycles. The summed E-state index contributed by atoms with van der Waals surface area (Å²) in [5.74, 6) is 0.846. The Labute approximate surface area is 89.3 Å². The van der Waals surface area contributed by atoms with Crippen LogP contribution in [0.15, 0.2) is 12.4 Å². The van der Waals surface area contributed by atoms with Crippen molar-refractivity contribution in [2.24, 2.45) is 5.92 Å². The van der Waals surface area contributed by atoms with E-state index in [0.29, 0.717) is 12.0 Å². The van der Waals surface area contributed by atoms with Gasteiger partial charge in [-0.1, -0.05) is 13.8 Å². The molecular formula is C11H16FN3. The van der Waals surface area contributed by atoms with Gasteiger partial charge in [-0.05, 0) is 18.8 Å². The molecule has 0 spiro atoms. The van der Waals surface area contributed by atoms with E-state index in [1.54, 1.807) is 0 Å². The van der Waals surface area contributed by atoms with E-state index in [4.69, 9.17) is 0 Å². The van der Waals surface area contributed by atoms with Crippen molar-refractivity contribution < 1.29 is 4.39 Å². The summed E-state index contributed by atoms with van der Waals surface area (Å²) in [5.41, 5.74) is 0. The van der Waals surface area contributed by atoms with Crippen LogP contribution in [0.25, 0.3) is 0 Å². The molecule has 0 aromatic carbocycles. The first kappa shape index (κ1) is 10.3. The number of rotatable bonds is 2. The second kappa shape index (κ2) is 4.13. The Bertz CT molecular complexity index is 340. The number of aromatic nitrogens is 2. The van der Waals surface area contributed by atoms with E-state index in [9.17, 15) is 4.39 Å². The predicted molar refractivity (Wildman–Crippen MR) is 57.2 cm³/mol. The lowest BCUT2D eigenvalue weighted by molar-refractivity contribution is 0.487. The summed E-state index contributed by atoms with van der Waals surface area (Å²) in [5, 5.41) is 0. The van der Waals surface area contributed by atoms with Gasteiger partial charge in [-0.2, -0.15) is 4.39 Å². The van der Waals surface area contributed by atoms with Crippen LogP contribution in [0.2, 0.25) is 0 Å². The Morgan fingerprint density at radius 2 is 2.27 bits per heavy atom. The second-order valence-corrected chi connectivity index (χ2v) is 4.35. The van der Waals surface area contributed by atoms with E-state index in [-0.39, 0.29) is 0 Å². The van der Waals surface area contributed by atoms with Crippen LogP contribution in [0, 0.1) is 11.9 Å². The first-order valence-electron chi connectivity index (χ1n) is 5.42. The Kier molecular flexibility index (Phi) is 2.84. The summed E-state index contributed by atoms with van der Waals surface area (Å²) >= 11 is 0. The van der Waals surface area contributed by atoms with Crippen molar-refractivity contribution in [3.8, 4) is 0 Å². The van der Waals surface area contributed by atoms with Gasteiger partial charge < -0.3 is 4.90 Å². The summed E-state index contributed by atoms with van der Waals surface area (Å²) in [6, 6.07) is 1.90. The van der Waals surface area contributed by atoms with Gasteiger partial charge in [0.2, 0.25) is 5.95 Å². The van der Waals surface area contributed by atoms with Crippen molar-refractivity contribution in [2.75, 3.05) is 11.4 Å². The quantitative estimate of drug-likeness (QED) is 0.699. The lowest BCUT2D eigenvalue weighted by Gasteiger charge is -2.28. The van der Waals surface area contributed by atoms with Gasteiger partial charge in [-0.25, -0.2) is 9.97 Å². The maximum absolute atomic E-state index is 13.0. The first-order chi connectivity index (χ1) is 7.18. The summed E-state index contributed by atoms with van der Waals surface area (Å²) in [6.45, 7) is 5.36. The van der Waals surface area contributed by atoms with Crippen LogP contribution in [0.3, 0.4) is 0 Å². The maximum atomic E-state index is 13.0. The Balaban J connectivity index is 2.22. The molecule has 1 fully saturated rings. The highest BCUT2D eigenvalue weighted by molar-refractivity contribution is 5.39. The van der Waals surface area contributed by atoms with Crippen molar-refractivity contribution in [1.82, 2.24) is 9.97 Å². The topological polar surface area (TPSA) is 29.0 Å². The van der Waals surface area contributed by atoms with E-state index < -0.39 is 5.95 Å². The third-order valence-corrected chi connectivity index (χ3v) is 2.98. The molecule has 1 saturated heterocycles. The molecule has 1 atom stereocenters. The lowest BCUT2D eigenvalue weighted by Crippen LogP contribution is -2.34. The highest BCUT2D eigenvalue weighted by Gasteiger charge is 2.28. The van der Waals surface area contributed by atoms with Gasteiger partial charge in [0.15, 0.2) is 0 Å². The monoisotopic (exact) mass is 209 g/mol. The van der Waals surface area contributed by atoms with Crippen molar-refractivity contribution in [3.05, 3.63) is 18.3 Å².